The van der Waals surface area contributed by atoms with E-state index in [-0.39, 0.29) is 30.9 Å². The van der Waals surface area contributed by atoms with Crippen molar-refractivity contribution >= 4 is 17.5 Å². The number of carbonyl (C=O) groups excluding carboxylic acids is 2. The van der Waals surface area contributed by atoms with Crippen molar-refractivity contribution in [1.82, 2.24) is 5.32 Å². The van der Waals surface area contributed by atoms with Gasteiger partial charge in [0, 0.05) is 19.2 Å². The highest BCUT2D eigenvalue weighted by Gasteiger charge is 2.17. The summed E-state index contributed by atoms with van der Waals surface area (Å²) in [7, 11) is 0. The van der Waals surface area contributed by atoms with Gasteiger partial charge in [-0.2, -0.15) is 0 Å². The van der Waals surface area contributed by atoms with Crippen molar-refractivity contribution in [3.63, 3.8) is 0 Å². The minimum atomic E-state index is -0.369. The summed E-state index contributed by atoms with van der Waals surface area (Å²) in [6.45, 7) is 3.53. The molecule has 0 heterocycles. The molecule has 0 aromatic heterocycles. The monoisotopic (exact) mass is 340 g/mol. The van der Waals surface area contributed by atoms with Gasteiger partial charge in [-0.3, -0.25) is 9.59 Å². The summed E-state index contributed by atoms with van der Waals surface area (Å²) in [6, 6.07) is 14.8. The van der Waals surface area contributed by atoms with Crippen molar-refractivity contribution in [2.45, 2.75) is 32.7 Å². The van der Waals surface area contributed by atoms with Crippen molar-refractivity contribution in [2.24, 2.45) is 0 Å². The number of aryl methyl sites for hydroxylation is 1. The van der Waals surface area contributed by atoms with Crippen LogP contribution in [-0.2, 0) is 16.0 Å². The molecule has 1 atom stereocenters. The lowest BCUT2D eigenvalue weighted by Crippen LogP contribution is -2.29. The maximum absolute atomic E-state index is 12.4. The molecule has 2 amide bonds. The van der Waals surface area contributed by atoms with E-state index in [1.54, 1.807) is 0 Å². The van der Waals surface area contributed by atoms with Crippen LogP contribution in [0.4, 0.5) is 5.69 Å². The number of anilines is 1. The second kappa shape index (κ2) is 8.99. The van der Waals surface area contributed by atoms with Crippen LogP contribution >= 0.6 is 0 Å². The quantitative estimate of drug-likeness (QED) is 0.725. The molecule has 0 spiro atoms. The number of carbonyl (C=O) groups is 2. The highest BCUT2D eigenvalue weighted by Crippen LogP contribution is 2.19. The normalized spacial score (nSPS) is 11.6. The smallest absolute Gasteiger partial charge is 0.226 e. The molecule has 5 heteroatoms. The van der Waals surface area contributed by atoms with Gasteiger partial charge in [0.25, 0.3) is 0 Å². The van der Waals surface area contributed by atoms with Crippen LogP contribution in [0.2, 0.25) is 0 Å². The molecule has 0 saturated heterocycles. The highest BCUT2D eigenvalue weighted by molar-refractivity contribution is 5.91. The van der Waals surface area contributed by atoms with Crippen LogP contribution < -0.4 is 10.6 Å². The van der Waals surface area contributed by atoms with Gasteiger partial charge >= 0.3 is 0 Å². The van der Waals surface area contributed by atoms with Crippen LogP contribution in [0.5, 0.6) is 0 Å². The zero-order chi connectivity index (χ0) is 18.2. The molecular weight excluding hydrogens is 316 g/mol. The van der Waals surface area contributed by atoms with E-state index in [1.165, 1.54) is 6.92 Å². The van der Waals surface area contributed by atoms with Crippen LogP contribution in [0.1, 0.15) is 36.1 Å². The van der Waals surface area contributed by atoms with Gasteiger partial charge in [-0.1, -0.05) is 42.0 Å². The summed E-state index contributed by atoms with van der Waals surface area (Å²) in [5.74, 6) is -0.346. The minimum absolute atomic E-state index is 0.0979. The molecule has 5 nitrogen and oxygen atoms in total. The summed E-state index contributed by atoms with van der Waals surface area (Å²) >= 11 is 0. The van der Waals surface area contributed by atoms with Gasteiger partial charge in [-0.25, -0.2) is 0 Å². The second-order valence-electron chi connectivity index (χ2n) is 6.09. The molecule has 0 saturated carbocycles. The number of nitrogens with one attached hydrogen (secondary N) is 2. The van der Waals surface area contributed by atoms with E-state index in [9.17, 15) is 9.59 Å². The van der Waals surface area contributed by atoms with Gasteiger partial charge in [0.05, 0.1) is 12.5 Å². The van der Waals surface area contributed by atoms with Crippen molar-refractivity contribution in [3.05, 3.63) is 65.2 Å². The van der Waals surface area contributed by atoms with Crippen molar-refractivity contribution < 1.29 is 14.7 Å². The molecule has 1 unspecified atom stereocenters. The van der Waals surface area contributed by atoms with Gasteiger partial charge in [0.2, 0.25) is 11.8 Å². The largest absolute Gasteiger partial charge is 0.396 e. The zero-order valence-corrected chi connectivity index (χ0v) is 14.6. The Hall–Kier alpha value is -2.66. The van der Waals surface area contributed by atoms with Crippen LogP contribution in [0.25, 0.3) is 0 Å². The molecule has 2 aromatic carbocycles. The predicted molar refractivity (Wildman–Crippen MR) is 98.2 cm³/mol. The lowest BCUT2D eigenvalue weighted by atomic mass is 10.0. The van der Waals surface area contributed by atoms with Crippen LogP contribution in [0.3, 0.4) is 0 Å². The third kappa shape index (κ3) is 6.04. The van der Waals surface area contributed by atoms with E-state index in [1.807, 2.05) is 55.5 Å². The summed E-state index contributed by atoms with van der Waals surface area (Å²) in [4.78, 5) is 23.8. The summed E-state index contributed by atoms with van der Waals surface area (Å²) in [5.41, 5.74) is 3.72. The number of rotatable bonds is 7. The molecule has 0 aliphatic carbocycles. The van der Waals surface area contributed by atoms with Crippen LogP contribution in [0, 0.1) is 6.92 Å². The van der Waals surface area contributed by atoms with Crippen molar-refractivity contribution in [2.75, 3.05) is 11.9 Å². The first kappa shape index (κ1) is 18.7. The fourth-order valence-electron chi connectivity index (χ4n) is 2.58. The maximum atomic E-state index is 12.4. The van der Waals surface area contributed by atoms with Gasteiger partial charge in [-0.05, 0) is 36.6 Å². The molecule has 0 bridgehead atoms. The van der Waals surface area contributed by atoms with E-state index < -0.39 is 0 Å². The Balaban J connectivity index is 2.03. The first-order valence-corrected chi connectivity index (χ1v) is 8.31. The Kier molecular flexibility index (Phi) is 6.71. The number of hydrogen-bond acceptors (Lipinski definition) is 3. The number of aliphatic hydroxyl groups is 1. The Morgan fingerprint density at radius 1 is 1.04 bits per heavy atom. The number of amides is 2. The molecule has 3 N–H and O–H groups in total. The van der Waals surface area contributed by atoms with Gasteiger partial charge in [-0.15, -0.1) is 0 Å². The van der Waals surface area contributed by atoms with E-state index in [0.717, 1.165) is 16.7 Å². The summed E-state index contributed by atoms with van der Waals surface area (Å²) < 4.78 is 0. The number of benzene rings is 2. The van der Waals surface area contributed by atoms with Crippen molar-refractivity contribution in [1.29, 1.82) is 0 Å². The van der Waals surface area contributed by atoms with E-state index in [4.69, 9.17) is 5.11 Å². The molecule has 25 heavy (non-hydrogen) atoms. The summed E-state index contributed by atoms with van der Waals surface area (Å²) in [6.07, 6.45) is 0.743. The fourth-order valence-corrected chi connectivity index (χ4v) is 2.58. The van der Waals surface area contributed by atoms with E-state index in [0.29, 0.717) is 12.1 Å². The molecule has 0 fully saturated rings. The number of aliphatic hydroxyl groups excluding tert-OH is 1. The predicted octanol–water partition coefficient (Wildman–Crippen LogP) is 2.74. The Morgan fingerprint density at radius 2 is 1.68 bits per heavy atom. The summed E-state index contributed by atoms with van der Waals surface area (Å²) in [5, 5.41) is 14.6. The maximum Gasteiger partial charge on any atom is 0.226 e. The highest BCUT2D eigenvalue weighted by atomic mass is 16.3. The molecule has 0 aliphatic heterocycles. The van der Waals surface area contributed by atoms with Gasteiger partial charge in [0.1, 0.15) is 0 Å². The molecule has 2 aromatic rings. The van der Waals surface area contributed by atoms with Crippen LogP contribution in [0.15, 0.2) is 48.5 Å². The van der Waals surface area contributed by atoms with Gasteiger partial charge in [0.15, 0.2) is 0 Å². The van der Waals surface area contributed by atoms with Crippen molar-refractivity contribution in [3.8, 4) is 0 Å². The molecule has 0 radical (unpaired) electrons. The SMILES string of the molecule is CC(=O)NC(CC(=O)Nc1ccc(CCO)cc1)c1ccc(C)cc1. The first-order chi connectivity index (χ1) is 12.0. The lowest BCUT2D eigenvalue weighted by molar-refractivity contribution is -0.120. The fraction of sp³-hybridized carbons (Fsp3) is 0.300. The van der Waals surface area contributed by atoms with Crippen LogP contribution in [-0.4, -0.2) is 23.5 Å². The second-order valence-corrected chi connectivity index (χ2v) is 6.09. The standard InChI is InChI=1S/C20H24N2O3/c1-14-3-7-17(8-4-14)19(21-15(2)24)13-20(25)22-18-9-5-16(6-10-18)11-12-23/h3-10,19,23H,11-13H2,1-2H3,(H,21,24)(H,22,25). The average molecular weight is 340 g/mol. The topological polar surface area (TPSA) is 78.4 Å². The average Bonchev–Trinajstić information content (AvgIpc) is 2.56. The Labute approximate surface area is 148 Å². The number of hydrogen-bond donors (Lipinski definition) is 3. The first-order valence-electron chi connectivity index (χ1n) is 8.31. The van der Waals surface area contributed by atoms with E-state index >= 15 is 0 Å². The minimum Gasteiger partial charge on any atom is -0.396 e. The molecule has 132 valence electrons. The zero-order valence-electron chi connectivity index (χ0n) is 14.6. The Morgan fingerprint density at radius 3 is 2.24 bits per heavy atom. The van der Waals surface area contributed by atoms with E-state index in [2.05, 4.69) is 10.6 Å². The molecular formula is C20H24N2O3. The molecule has 2 rings (SSSR count). The van der Waals surface area contributed by atoms with Gasteiger partial charge < -0.3 is 15.7 Å². The lowest BCUT2D eigenvalue weighted by Gasteiger charge is -2.18. The Bertz CT molecular complexity index is 709. The third-order valence-electron chi connectivity index (χ3n) is 3.88. The molecule has 0 aliphatic rings. The third-order valence-corrected chi connectivity index (χ3v) is 3.88.